The van der Waals surface area contributed by atoms with E-state index in [4.69, 9.17) is 5.11 Å². The third-order valence-corrected chi connectivity index (χ3v) is 3.70. The van der Waals surface area contributed by atoms with Crippen LogP contribution in [0, 0.1) is 6.92 Å². The van der Waals surface area contributed by atoms with Gasteiger partial charge in [-0.2, -0.15) is 5.10 Å². The van der Waals surface area contributed by atoms with E-state index < -0.39 is 0 Å². The Bertz CT molecular complexity index is 660. The van der Waals surface area contributed by atoms with Gasteiger partial charge < -0.3 is 10.0 Å². The van der Waals surface area contributed by atoms with E-state index in [1.807, 2.05) is 20.0 Å². The number of hydrogen-bond donors (Lipinski definition) is 1. The fraction of sp³-hybridized carbons (Fsp3) is 0.500. The van der Waals surface area contributed by atoms with Crippen molar-refractivity contribution in [1.82, 2.24) is 19.7 Å². The summed E-state index contributed by atoms with van der Waals surface area (Å²) in [5.74, 6) is -0.0563. The lowest BCUT2D eigenvalue weighted by atomic mass is 10.2. The molecule has 0 spiro atoms. The number of aliphatic hydroxyl groups is 1. The summed E-state index contributed by atoms with van der Waals surface area (Å²) in [6.07, 6.45) is 3.64. The third-order valence-electron chi connectivity index (χ3n) is 3.70. The number of hydrogen-bond acceptors (Lipinski definition) is 4. The Balaban J connectivity index is 1.96. The maximum absolute atomic E-state index is 12.5. The van der Waals surface area contributed by atoms with Crippen LogP contribution in [0.25, 0.3) is 11.0 Å². The quantitative estimate of drug-likeness (QED) is 0.898. The van der Waals surface area contributed by atoms with Crippen LogP contribution in [0.1, 0.15) is 28.9 Å². The van der Waals surface area contributed by atoms with E-state index in [1.54, 1.807) is 15.8 Å². The molecule has 1 saturated carbocycles. The minimum Gasteiger partial charge on any atom is -0.395 e. The lowest BCUT2D eigenvalue weighted by Crippen LogP contribution is -2.35. The first-order chi connectivity index (χ1) is 9.61. The molecule has 2 heterocycles. The average molecular weight is 274 g/mol. The van der Waals surface area contributed by atoms with Crippen molar-refractivity contribution in [3.63, 3.8) is 0 Å². The van der Waals surface area contributed by atoms with E-state index in [0.29, 0.717) is 12.1 Å². The molecule has 0 radical (unpaired) electrons. The highest BCUT2D eigenvalue weighted by atomic mass is 16.3. The van der Waals surface area contributed by atoms with E-state index in [2.05, 4.69) is 10.1 Å². The number of rotatable bonds is 4. The van der Waals surface area contributed by atoms with E-state index in [9.17, 15) is 4.79 Å². The Labute approximate surface area is 117 Å². The molecule has 0 bridgehead atoms. The number of carbonyl (C=O) groups excluding carboxylic acids is 1. The molecule has 0 aliphatic heterocycles. The zero-order chi connectivity index (χ0) is 14.3. The summed E-state index contributed by atoms with van der Waals surface area (Å²) >= 11 is 0. The highest BCUT2D eigenvalue weighted by Gasteiger charge is 2.32. The molecule has 3 rings (SSSR count). The zero-order valence-electron chi connectivity index (χ0n) is 11.7. The molecule has 0 aromatic carbocycles. The maximum atomic E-state index is 12.5. The van der Waals surface area contributed by atoms with Gasteiger partial charge in [-0.1, -0.05) is 0 Å². The van der Waals surface area contributed by atoms with Crippen molar-refractivity contribution in [2.75, 3.05) is 13.2 Å². The SMILES string of the molecule is Cc1nn(C)c2ncc(C(=O)N(CCO)C3CC3)cc12. The van der Waals surface area contributed by atoms with Gasteiger partial charge in [0.05, 0.1) is 17.9 Å². The Morgan fingerprint density at radius 3 is 2.95 bits per heavy atom. The van der Waals surface area contributed by atoms with Gasteiger partial charge in [-0.25, -0.2) is 4.98 Å². The topological polar surface area (TPSA) is 71.2 Å². The van der Waals surface area contributed by atoms with Gasteiger partial charge in [-0.3, -0.25) is 9.48 Å². The molecule has 1 N–H and O–H groups in total. The molecule has 6 nitrogen and oxygen atoms in total. The predicted octanol–water partition coefficient (Wildman–Crippen LogP) is 0.874. The number of aromatic nitrogens is 3. The monoisotopic (exact) mass is 274 g/mol. The number of nitrogens with zero attached hydrogens (tertiary/aromatic N) is 4. The van der Waals surface area contributed by atoms with Gasteiger partial charge in [-0.05, 0) is 25.8 Å². The standard InChI is InChI=1S/C14H18N4O2/c1-9-12-7-10(8-15-13(12)17(2)16-9)14(20)18(5-6-19)11-3-4-11/h7-8,11,19H,3-6H2,1-2H3. The summed E-state index contributed by atoms with van der Waals surface area (Å²) in [6.45, 7) is 2.28. The predicted molar refractivity (Wildman–Crippen MR) is 74.4 cm³/mol. The number of fused-ring (bicyclic) bond motifs is 1. The lowest BCUT2D eigenvalue weighted by molar-refractivity contribution is 0.0707. The van der Waals surface area contributed by atoms with Crippen LogP contribution in [0.3, 0.4) is 0 Å². The van der Waals surface area contributed by atoms with Crippen molar-refractivity contribution in [2.45, 2.75) is 25.8 Å². The summed E-state index contributed by atoms with van der Waals surface area (Å²) in [7, 11) is 1.84. The normalized spacial score (nSPS) is 14.8. The Morgan fingerprint density at radius 2 is 2.30 bits per heavy atom. The largest absolute Gasteiger partial charge is 0.395 e. The maximum Gasteiger partial charge on any atom is 0.255 e. The molecule has 20 heavy (non-hydrogen) atoms. The van der Waals surface area contributed by atoms with Crippen LogP contribution in [0.5, 0.6) is 0 Å². The first kappa shape index (κ1) is 13.1. The second kappa shape index (κ2) is 4.86. The van der Waals surface area contributed by atoms with Gasteiger partial charge in [0.2, 0.25) is 0 Å². The van der Waals surface area contributed by atoms with Gasteiger partial charge in [0.1, 0.15) is 0 Å². The first-order valence-corrected chi connectivity index (χ1v) is 6.83. The minimum absolute atomic E-state index is 0.0101. The molecule has 1 fully saturated rings. The first-order valence-electron chi connectivity index (χ1n) is 6.83. The number of aliphatic hydroxyl groups excluding tert-OH is 1. The second-order valence-electron chi connectivity index (χ2n) is 5.26. The van der Waals surface area contributed by atoms with Crippen molar-refractivity contribution in [3.8, 4) is 0 Å². The van der Waals surface area contributed by atoms with Crippen LogP contribution in [0.2, 0.25) is 0 Å². The molecule has 0 atom stereocenters. The molecule has 2 aromatic rings. The van der Waals surface area contributed by atoms with Gasteiger partial charge >= 0.3 is 0 Å². The Morgan fingerprint density at radius 1 is 1.55 bits per heavy atom. The molecular formula is C14H18N4O2. The van der Waals surface area contributed by atoms with Crippen LogP contribution in [-0.2, 0) is 7.05 Å². The molecule has 1 aliphatic carbocycles. The lowest BCUT2D eigenvalue weighted by Gasteiger charge is -2.21. The van der Waals surface area contributed by atoms with Crippen molar-refractivity contribution in [3.05, 3.63) is 23.5 Å². The van der Waals surface area contributed by atoms with Gasteiger partial charge in [0.25, 0.3) is 5.91 Å². The average Bonchev–Trinajstić information content (AvgIpc) is 3.23. The summed E-state index contributed by atoms with van der Waals surface area (Å²) < 4.78 is 1.71. The third kappa shape index (κ3) is 2.16. The molecule has 1 amide bonds. The fourth-order valence-electron chi connectivity index (χ4n) is 2.53. The summed E-state index contributed by atoms with van der Waals surface area (Å²) in [5.41, 5.74) is 2.21. The van der Waals surface area contributed by atoms with E-state index in [1.165, 1.54) is 0 Å². The van der Waals surface area contributed by atoms with Crippen LogP contribution < -0.4 is 0 Å². The summed E-state index contributed by atoms with van der Waals surface area (Å²) in [6, 6.07) is 2.13. The van der Waals surface area contributed by atoms with E-state index >= 15 is 0 Å². The number of carbonyl (C=O) groups is 1. The highest BCUT2D eigenvalue weighted by Crippen LogP contribution is 2.28. The molecule has 2 aromatic heterocycles. The summed E-state index contributed by atoms with van der Waals surface area (Å²) in [4.78, 5) is 18.6. The van der Waals surface area contributed by atoms with Crippen LogP contribution in [-0.4, -0.2) is 49.9 Å². The molecule has 6 heteroatoms. The van der Waals surface area contributed by atoms with Gasteiger partial charge in [-0.15, -0.1) is 0 Å². The van der Waals surface area contributed by atoms with Crippen molar-refractivity contribution >= 4 is 16.9 Å². The smallest absolute Gasteiger partial charge is 0.255 e. The number of pyridine rings is 1. The molecule has 106 valence electrons. The Kier molecular flexibility index (Phi) is 3.17. The molecular weight excluding hydrogens is 256 g/mol. The fourth-order valence-corrected chi connectivity index (χ4v) is 2.53. The molecule has 0 saturated heterocycles. The van der Waals surface area contributed by atoms with E-state index in [0.717, 1.165) is 29.6 Å². The van der Waals surface area contributed by atoms with Crippen LogP contribution >= 0.6 is 0 Å². The van der Waals surface area contributed by atoms with Gasteiger partial charge in [0, 0.05) is 31.2 Å². The second-order valence-corrected chi connectivity index (χ2v) is 5.26. The van der Waals surface area contributed by atoms with Crippen molar-refractivity contribution in [2.24, 2.45) is 7.05 Å². The van der Waals surface area contributed by atoms with Gasteiger partial charge in [0.15, 0.2) is 5.65 Å². The minimum atomic E-state index is -0.0563. The number of aryl methyl sites for hydroxylation is 2. The summed E-state index contributed by atoms with van der Waals surface area (Å²) in [5, 5.41) is 14.3. The van der Waals surface area contributed by atoms with Crippen LogP contribution in [0.4, 0.5) is 0 Å². The van der Waals surface area contributed by atoms with Crippen molar-refractivity contribution in [1.29, 1.82) is 0 Å². The molecule has 0 unspecified atom stereocenters. The zero-order valence-corrected chi connectivity index (χ0v) is 11.7. The van der Waals surface area contributed by atoms with E-state index in [-0.39, 0.29) is 18.6 Å². The number of amides is 1. The van der Waals surface area contributed by atoms with Crippen LogP contribution in [0.15, 0.2) is 12.3 Å². The molecule has 1 aliphatic rings. The van der Waals surface area contributed by atoms with Crippen molar-refractivity contribution < 1.29 is 9.90 Å². The highest BCUT2D eigenvalue weighted by molar-refractivity contribution is 5.97. The Hall–Kier alpha value is -1.95.